The van der Waals surface area contributed by atoms with Gasteiger partial charge in [0.25, 0.3) is 0 Å². The van der Waals surface area contributed by atoms with E-state index in [0.29, 0.717) is 25.2 Å². The standard InChI is InChI=1S/C17H38O8Si7/c1-8-9-15-31(4,5)32(6,7)30(22)29(21)28(20)27(19)26-25-12-10-11-23-13-14-24-17(18)16(2)3/h2,8-15,26H2,1,3-7H3. The summed E-state index contributed by atoms with van der Waals surface area (Å²) in [6.45, 7) is 16.7. The van der Waals surface area contributed by atoms with Gasteiger partial charge in [0, 0.05) is 26.4 Å². The third-order valence-electron chi connectivity index (χ3n) is 5.70. The molecule has 0 rings (SSSR count). The molecular formula is C17H38O8Si7. The van der Waals surface area contributed by atoms with E-state index in [4.69, 9.17) is 13.9 Å². The molecule has 8 nitrogen and oxygen atoms in total. The number of rotatable bonds is 18. The molecule has 0 spiro atoms. The largest absolute Gasteiger partial charge is 0.460 e. The van der Waals surface area contributed by atoms with Gasteiger partial charge >= 0.3 is 36.8 Å². The van der Waals surface area contributed by atoms with Crippen molar-refractivity contribution in [1.82, 2.24) is 0 Å². The highest BCUT2D eigenvalue weighted by molar-refractivity contribution is 7.78. The summed E-state index contributed by atoms with van der Waals surface area (Å²) in [6, 6.07) is 1.04. The fourth-order valence-corrected chi connectivity index (χ4v) is 81.9. The average molecular weight is 567 g/mol. The lowest BCUT2D eigenvalue weighted by atomic mass is 10.4. The Kier molecular flexibility index (Phi) is 15.6. The van der Waals surface area contributed by atoms with Crippen molar-refractivity contribution in [2.45, 2.75) is 65.3 Å². The van der Waals surface area contributed by atoms with Gasteiger partial charge in [-0.15, -0.1) is 0 Å². The van der Waals surface area contributed by atoms with Crippen LogP contribution in [-0.4, -0.2) is 87.3 Å². The van der Waals surface area contributed by atoms with Crippen molar-refractivity contribution < 1.29 is 36.5 Å². The molecule has 0 aromatic heterocycles. The van der Waals surface area contributed by atoms with Gasteiger partial charge in [-0.25, -0.2) is 4.79 Å². The molecular weight excluding hydrogens is 529 g/mol. The molecule has 0 saturated heterocycles. The summed E-state index contributed by atoms with van der Waals surface area (Å²) in [5, 5.41) is 0. The Hall–Kier alpha value is -0.152. The van der Waals surface area contributed by atoms with E-state index in [0.717, 1.165) is 18.9 Å². The summed E-state index contributed by atoms with van der Waals surface area (Å²) in [5.41, 5.74) is 0.332. The Morgan fingerprint density at radius 3 is 2.12 bits per heavy atom. The number of unbranched alkanes of at least 4 members (excludes halogenated alkanes) is 1. The van der Waals surface area contributed by atoms with Crippen LogP contribution in [0.5, 0.6) is 0 Å². The molecule has 0 aliphatic heterocycles. The van der Waals surface area contributed by atoms with Gasteiger partial charge in [0.1, 0.15) is 13.7 Å². The second-order valence-corrected chi connectivity index (χ2v) is 52.3. The molecule has 0 fully saturated rings. The van der Waals surface area contributed by atoms with E-state index in [1.54, 1.807) is 6.92 Å². The first-order chi connectivity index (χ1) is 14.8. The van der Waals surface area contributed by atoms with Gasteiger partial charge in [-0.3, -0.25) is 0 Å². The topological polar surface area (TPSA) is 113 Å². The zero-order valence-electron chi connectivity index (χ0n) is 20.3. The fraction of sp³-hybridized carbons (Fsp3) is 0.824. The van der Waals surface area contributed by atoms with Gasteiger partial charge < -0.3 is 31.7 Å². The van der Waals surface area contributed by atoms with Crippen molar-refractivity contribution >= 4 is 60.8 Å². The Labute approximate surface area is 200 Å². The molecule has 182 valence electrons. The molecule has 0 radical (unpaired) electrons. The molecule has 0 aliphatic carbocycles. The molecule has 32 heavy (non-hydrogen) atoms. The van der Waals surface area contributed by atoms with E-state index in [1.165, 1.54) is 0 Å². The molecule has 0 saturated carbocycles. The van der Waals surface area contributed by atoms with Crippen molar-refractivity contribution in [3.63, 3.8) is 0 Å². The van der Waals surface area contributed by atoms with Gasteiger partial charge in [0.2, 0.25) is 9.28 Å². The van der Waals surface area contributed by atoms with Crippen molar-refractivity contribution in [3.8, 4) is 0 Å². The zero-order chi connectivity index (χ0) is 24.9. The predicted molar refractivity (Wildman–Crippen MR) is 136 cm³/mol. The van der Waals surface area contributed by atoms with Crippen LogP contribution in [-0.2, 0) is 36.5 Å². The number of carbonyl (C=O) groups excluding carboxylic acids is 1. The molecule has 0 N–H and O–H groups in total. The molecule has 0 aromatic rings. The van der Waals surface area contributed by atoms with Crippen molar-refractivity contribution in [2.75, 3.05) is 26.4 Å². The average Bonchev–Trinajstić information content (AvgIpc) is 2.74. The van der Waals surface area contributed by atoms with E-state index >= 15 is 0 Å². The molecule has 0 aromatic carbocycles. The first-order valence-corrected chi connectivity index (χ1v) is 30.7. The minimum atomic E-state index is -2.84. The molecule has 0 amide bonds. The maximum Gasteiger partial charge on any atom is 0.375 e. The van der Waals surface area contributed by atoms with E-state index in [2.05, 4.69) is 26.6 Å². The minimum absolute atomic E-state index is 0.141. The fourth-order valence-electron chi connectivity index (χ4n) is 2.66. The lowest BCUT2D eigenvalue weighted by Crippen LogP contribution is -2.66. The first kappa shape index (κ1) is 31.8. The molecule has 0 unspecified atom stereocenters. The normalized spacial score (nSPS) is 12.1. The van der Waals surface area contributed by atoms with Crippen LogP contribution < -0.4 is 0 Å². The van der Waals surface area contributed by atoms with E-state index < -0.39 is 60.8 Å². The Morgan fingerprint density at radius 1 is 0.938 bits per heavy atom. The highest BCUT2D eigenvalue weighted by atomic mass is 30.0. The third kappa shape index (κ3) is 10.8. The summed E-state index contributed by atoms with van der Waals surface area (Å²) in [4.78, 5) is 11.2. The summed E-state index contributed by atoms with van der Waals surface area (Å²) >= 11 is 0. The van der Waals surface area contributed by atoms with Crippen LogP contribution in [0.3, 0.4) is 0 Å². The predicted octanol–water partition coefficient (Wildman–Crippen LogP) is 1.41. The van der Waals surface area contributed by atoms with Crippen LogP contribution in [0.4, 0.5) is 0 Å². The van der Waals surface area contributed by atoms with Crippen LogP contribution >= 0.6 is 0 Å². The number of hydrogen-bond donors (Lipinski definition) is 0. The summed E-state index contributed by atoms with van der Waals surface area (Å²) < 4.78 is 66.7. The van der Waals surface area contributed by atoms with Crippen LogP contribution in [0, 0.1) is 0 Å². The van der Waals surface area contributed by atoms with Gasteiger partial charge in [-0.2, -0.15) is 0 Å². The van der Waals surface area contributed by atoms with Gasteiger partial charge in [0.05, 0.1) is 6.61 Å². The summed E-state index contributed by atoms with van der Waals surface area (Å²) in [7, 11) is -16.3. The SMILES string of the molecule is C=C(C)C(=O)OCCOCCCO[SiH2][Si](=O)[Si](=O)[Si](=O)[Si](=O)[Si](C)(C)[Si](C)(C)CCCC. The lowest BCUT2D eigenvalue weighted by molar-refractivity contribution is -0.140. The second kappa shape index (κ2) is 15.7. The Bertz CT molecular complexity index is 724. The zero-order valence-corrected chi connectivity index (χ0v) is 27.8. The highest BCUT2D eigenvalue weighted by Gasteiger charge is 2.53. The minimum Gasteiger partial charge on any atom is -0.460 e. The summed E-state index contributed by atoms with van der Waals surface area (Å²) in [6.07, 6.45) is 2.69. The Balaban J connectivity index is 4.33. The second-order valence-electron chi connectivity index (χ2n) is 8.96. The molecule has 15 heteroatoms. The molecule has 0 heterocycles. The van der Waals surface area contributed by atoms with Crippen LogP contribution in [0.25, 0.3) is 0 Å². The molecule has 0 bridgehead atoms. The molecule has 0 aliphatic rings. The van der Waals surface area contributed by atoms with Crippen LogP contribution in [0.2, 0.25) is 32.2 Å². The lowest BCUT2D eigenvalue weighted by Gasteiger charge is -2.35. The molecule has 0 atom stereocenters. The number of carbonyl (C=O) groups is 1. The van der Waals surface area contributed by atoms with Gasteiger partial charge in [-0.1, -0.05) is 58.6 Å². The monoisotopic (exact) mass is 566 g/mol. The quantitative estimate of drug-likeness (QED) is 0.106. The number of esters is 1. The Morgan fingerprint density at radius 2 is 1.56 bits per heavy atom. The third-order valence-corrected chi connectivity index (χ3v) is 72.2. The smallest absolute Gasteiger partial charge is 0.375 e. The van der Waals surface area contributed by atoms with E-state index in [-0.39, 0.29) is 13.2 Å². The highest BCUT2D eigenvalue weighted by Crippen LogP contribution is 2.25. The number of hydrogen-bond acceptors (Lipinski definition) is 8. The van der Waals surface area contributed by atoms with Crippen molar-refractivity contribution in [1.29, 1.82) is 0 Å². The van der Waals surface area contributed by atoms with Gasteiger partial charge in [0.15, 0.2) is 0 Å². The van der Waals surface area contributed by atoms with Crippen LogP contribution in [0.15, 0.2) is 12.2 Å². The van der Waals surface area contributed by atoms with Crippen molar-refractivity contribution in [2.24, 2.45) is 0 Å². The maximum atomic E-state index is 13.1. The van der Waals surface area contributed by atoms with E-state index in [9.17, 15) is 22.6 Å². The van der Waals surface area contributed by atoms with Crippen molar-refractivity contribution in [3.05, 3.63) is 12.2 Å². The van der Waals surface area contributed by atoms with Crippen LogP contribution in [0.1, 0.15) is 33.1 Å². The van der Waals surface area contributed by atoms with Gasteiger partial charge in [-0.05, 0) is 13.3 Å². The first-order valence-electron chi connectivity index (χ1n) is 10.9. The van der Waals surface area contributed by atoms with E-state index in [1.807, 2.05) is 13.1 Å². The number of ether oxygens (including phenoxy) is 2. The summed E-state index contributed by atoms with van der Waals surface area (Å²) in [5.74, 6) is -0.456. The maximum absolute atomic E-state index is 13.1.